The average Bonchev–Trinajstić information content (AvgIpc) is 3.35. The van der Waals surface area contributed by atoms with Crippen molar-refractivity contribution in [3.05, 3.63) is 66.2 Å². The second kappa shape index (κ2) is 7.14. The third-order valence-electron chi connectivity index (χ3n) is 4.96. The van der Waals surface area contributed by atoms with Crippen molar-refractivity contribution in [2.75, 3.05) is 13.1 Å². The second-order valence-corrected chi connectivity index (χ2v) is 6.98. The monoisotopic (exact) mass is 405 g/mol. The third-order valence-corrected chi connectivity index (χ3v) is 4.96. The first-order chi connectivity index (χ1) is 14.6. The number of hydrogen-bond acceptors (Lipinski definition) is 7. The largest absolute Gasteiger partial charge is 0.338 e. The molecule has 1 aliphatic rings. The van der Waals surface area contributed by atoms with Crippen LogP contribution in [0.3, 0.4) is 0 Å². The van der Waals surface area contributed by atoms with Gasteiger partial charge in [-0.1, -0.05) is 5.16 Å². The molecule has 0 saturated carbocycles. The molecule has 1 fully saturated rings. The lowest BCUT2D eigenvalue weighted by atomic mass is 9.99. The van der Waals surface area contributed by atoms with Crippen LogP contribution in [0, 0.1) is 5.82 Å². The van der Waals surface area contributed by atoms with Crippen LogP contribution < -0.4 is 0 Å². The summed E-state index contributed by atoms with van der Waals surface area (Å²) in [7, 11) is 1.71. The normalized spacial score (nSPS) is 14.0. The van der Waals surface area contributed by atoms with E-state index < -0.39 is 0 Å². The Morgan fingerprint density at radius 3 is 2.60 bits per heavy atom. The maximum atomic E-state index is 13.1. The fraction of sp³-hybridized carbons (Fsp3) is 0.200. The molecule has 0 spiro atoms. The number of halogens is 1. The quantitative estimate of drug-likeness (QED) is 0.513. The van der Waals surface area contributed by atoms with E-state index in [2.05, 4.69) is 25.2 Å². The number of aromatic nitrogens is 6. The number of benzene rings is 1. The molecule has 1 saturated heterocycles. The summed E-state index contributed by atoms with van der Waals surface area (Å²) in [5, 5.41) is 8.30. The Bertz CT molecular complexity index is 1200. The van der Waals surface area contributed by atoms with Crippen molar-refractivity contribution in [1.82, 2.24) is 34.8 Å². The summed E-state index contributed by atoms with van der Waals surface area (Å²) in [5.74, 6) is 0.678. The molecule has 5 rings (SSSR count). The van der Waals surface area contributed by atoms with E-state index in [1.807, 2.05) is 0 Å². The van der Waals surface area contributed by atoms with Gasteiger partial charge in [0.05, 0.1) is 11.6 Å². The Morgan fingerprint density at radius 2 is 1.87 bits per heavy atom. The SMILES string of the molecule is Cn1nc(-c2ccc(F)cc2)cc1C(=O)N1CC(c2nc(-c3ncccn3)no2)C1. The summed E-state index contributed by atoms with van der Waals surface area (Å²) in [4.78, 5) is 27.1. The summed E-state index contributed by atoms with van der Waals surface area (Å²) in [6.07, 6.45) is 3.21. The highest BCUT2D eigenvalue weighted by atomic mass is 19.1. The molecule has 0 radical (unpaired) electrons. The van der Waals surface area contributed by atoms with Crippen LogP contribution in [-0.4, -0.2) is 53.8 Å². The minimum Gasteiger partial charge on any atom is -0.338 e. The highest BCUT2D eigenvalue weighted by Gasteiger charge is 2.37. The molecule has 0 N–H and O–H groups in total. The maximum Gasteiger partial charge on any atom is 0.272 e. The number of hydrogen-bond donors (Lipinski definition) is 0. The first kappa shape index (κ1) is 18.1. The lowest BCUT2D eigenvalue weighted by Gasteiger charge is -2.36. The van der Waals surface area contributed by atoms with E-state index in [1.54, 1.807) is 48.6 Å². The smallest absolute Gasteiger partial charge is 0.272 e. The molecule has 30 heavy (non-hydrogen) atoms. The van der Waals surface area contributed by atoms with E-state index in [1.165, 1.54) is 16.8 Å². The van der Waals surface area contributed by atoms with E-state index >= 15 is 0 Å². The van der Waals surface area contributed by atoms with Crippen LogP contribution in [0.1, 0.15) is 22.3 Å². The predicted octanol–water partition coefficient (Wildman–Crippen LogP) is 2.31. The topological polar surface area (TPSA) is 103 Å². The molecule has 3 aromatic heterocycles. The van der Waals surface area contributed by atoms with Gasteiger partial charge in [-0.3, -0.25) is 9.48 Å². The first-order valence-corrected chi connectivity index (χ1v) is 9.29. The van der Waals surface area contributed by atoms with Crippen LogP contribution in [0.25, 0.3) is 22.9 Å². The molecule has 4 heterocycles. The fourth-order valence-corrected chi connectivity index (χ4v) is 3.30. The van der Waals surface area contributed by atoms with Gasteiger partial charge in [0, 0.05) is 38.1 Å². The Kier molecular flexibility index (Phi) is 4.31. The number of carbonyl (C=O) groups is 1. The van der Waals surface area contributed by atoms with Crippen molar-refractivity contribution in [2.45, 2.75) is 5.92 Å². The van der Waals surface area contributed by atoms with E-state index in [9.17, 15) is 9.18 Å². The lowest BCUT2D eigenvalue weighted by Crippen LogP contribution is -2.49. The summed E-state index contributed by atoms with van der Waals surface area (Å²) < 4.78 is 20.0. The van der Waals surface area contributed by atoms with Gasteiger partial charge in [-0.2, -0.15) is 10.1 Å². The zero-order chi connectivity index (χ0) is 20.7. The number of rotatable bonds is 4. The molecule has 0 atom stereocenters. The first-order valence-electron chi connectivity index (χ1n) is 9.29. The molecule has 0 bridgehead atoms. The van der Waals surface area contributed by atoms with Crippen LogP contribution in [0.4, 0.5) is 4.39 Å². The van der Waals surface area contributed by atoms with Gasteiger partial charge in [0.1, 0.15) is 11.5 Å². The second-order valence-electron chi connectivity index (χ2n) is 6.98. The Morgan fingerprint density at radius 1 is 1.13 bits per heavy atom. The number of amides is 1. The molecule has 1 aliphatic heterocycles. The van der Waals surface area contributed by atoms with Crippen LogP contribution in [0.5, 0.6) is 0 Å². The highest BCUT2D eigenvalue weighted by molar-refractivity contribution is 5.94. The van der Waals surface area contributed by atoms with Gasteiger partial charge in [0.25, 0.3) is 5.91 Å². The molecule has 1 amide bonds. The van der Waals surface area contributed by atoms with E-state index in [-0.39, 0.29) is 17.6 Å². The van der Waals surface area contributed by atoms with E-state index in [0.29, 0.717) is 42.0 Å². The molecular formula is C20H16FN7O2. The number of aryl methyl sites for hydroxylation is 1. The van der Waals surface area contributed by atoms with E-state index in [4.69, 9.17) is 4.52 Å². The molecule has 150 valence electrons. The van der Waals surface area contributed by atoms with Crippen molar-refractivity contribution in [2.24, 2.45) is 7.05 Å². The van der Waals surface area contributed by atoms with Gasteiger partial charge in [-0.25, -0.2) is 14.4 Å². The minimum atomic E-state index is -0.319. The molecule has 0 aliphatic carbocycles. The van der Waals surface area contributed by atoms with Crippen molar-refractivity contribution in [3.63, 3.8) is 0 Å². The summed E-state index contributed by atoms with van der Waals surface area (Å²) in [6.45, 7) is 0.931. The highest BCUT2D eigenvalue weighted by Crippen LogP contribution is 2.29. The standard InChI is InChI=1S/C20H16FN7O2/c1-27-16(9-15(25-27)12-3-5-14(21)6-4-12)20(29)28-10-13(11-28)19-24-18(26-30-19)17-22-7-2-8-23-17/h2-9,13H,10-11H2,1H3. The van der Waals surface area contributed by atoms with Crippen LogP contribution >= 0.6 is 0 Å². The van der Waals surface area contributed by atoms with Gasteiger partial charge in [-0.15, -0.1) is 0 Å². The Labute approximate surface area is 170 Å². The Balaban J connectivity index is 1.27. The average molecular weight is 405 g/mol. The minimum absolute atomic E-state index is 0.0382. The summed E-state index contributed by atoms with van der Waals surface area (Å²) in [6, 6.07) is 9.42. The van der Waals surface area contributed by atoms with Crippen molar-refractivity contribution < 1.29 is 13.7 Å². The number of carbonyl (C=O) groups excluding carboxylic acids is 1. The van der Waals surface area contributed by atoms with Gasteiger partial charge in [0.15, 0.2) is 0 Å². The number of nitrogens with zero attached hydrogens (tertiary/aromatic N) is 7. The van der Waals surface area contributed by atoms with Crippen molar-refractivity contribution in [3.8, 4) is 22.9 Å². The summed E-state index contributed by atoms with van der Waals surface area (Å²) >= 11 is 0. The molecule has 10 heteroatoms. The van der Waals surface area contributed by atoms with Crippen LogP contribution in [-0.2, 0) is 7.05 Å². The molecule has 4 aromatic rings. The summed E-state index contributed by atoms with van der Waals surface area (Å²) in [5.41, 5.74) is 1.81. The van der Waals surface area contributed by atoms with Gasteiger partial charge < -0.3 is 9.42 Å². The number of likely N-dealkylation sites (tertiary alicyclic amines) is 1. The van der Waals surface area contributed by atoms with Gasteiger partial charge in [0.2, 0.25) is 17.5 Å². The third kappa shape index (κ3) is 3.21. The van der Waals surface area contributed by atoms with Gasteiger partial charge in [-0.05, 0) is 36.4 Å². The van der Waals surface area contributed by atoms with Crippen molar-refractivity contribution in [1.29, 1.82) is 0 Å². The predicted molar refractivity (Wildman–Crippen MR) is 103 cm³/mol. The van der Waals surface area contributed by atoms with Crippen LogP contribution in [0.15, 0.2) is 53.3 Å². The lowest BCUT2D eigenvalue weighted by molar-refractivity contribution is 0.0558. The fourth-order valence-electron chi connectivity index (χ4n) is 3.30. The van der Waals surface area contributed by atoms with Crippen molar-refractivity contribution >= 4 is 5.91 Å². The van der Waals surface area contributed by atoms with Gasteiger partial charge >= 0.3 is 0 Å². The van der Waals surface area contributed by atoms with E-state index in [0.717, 1.165) is 5.56 Å². The maximum absolute atomic E-state index is 13.1. The molecule has 9 nitrogen and oxygen atoms in total. The molecule has 0 unspecified atom stereocenters. The zero-order valence-corrected chi connectivity index (χ0v) is 15.9. The zero-order valence-electron chi connectivity index (χ0n) is 15.9. The Hall–Kier alpha value is -3.95. The van der Waals surface area contributed by atoms with Crippen LogP contribution in [0.2, 0.25) is 0 Å². The molecule has 1 aromatic carbocycles. The molecular weight excluding hydrogens is 389 g/mol.